The monoisotopic (exact) mass is 334 g/mol. The van der Waals surface area contributed by atoms with Gasteiger partial charge in [-0.05, 0) is 36.4 Å². The minimum absolute atomic E-state index is 0.0886. The first kappa shape index (κ1) is 14.7. The van der Waals surface area contributed by atoms with Gasteiger partial charge in [-0.2, -0.15) is 0 Å². The van der Waals surface area contributed by atoms with Crippen LogP contribution in [0.25, 0.3) is 6.08 Å². The molecule has 0 bridgehead atoms. The zero-order chi connectivity index (χ0) is 15.5. The second kappa shape index (κ2) is 6.29. The maximum Gasteiger partial charge on any atom is 0.266 e. The van der Waals surface area contributed by atoms with Gasteiger partial charge in [0.1, 0.15) is 17.8 Å². The molecule has 2 aromatic heterocycles. The Kier molecular flexibility index (Phi) is 4.21. The number of rotatable bonds is 3. The number of aromatic nitrogens is 4. The van der Waals surface area contributed by atoms with Gasteiger partial charge in [0, 0.05) is 12.7 Å². The van der Waals surface area contributed by atoms with Gasteiger partial charge >= 0.3 is 0 Å². The van der Waals surface area contributed by atoms with Crippen LogP contribution in [0.5, 0.6) is 0 Å². The first-order valence-electron chi connectivity index (χ1n) is 6.44. The summed E-state index contributed by atoms with van der Waals surface area (Å²) in [5, 5.41) is 12.7. The number of amidine groups is 1. The van der Waals surface area contributed by atoms with E-state index in [0.29, 0.717) is 21.8 Å². The van der Waals surface area contributed by atoms with Crippen LogP contribution in [0.4, 0.5) is 0 Å². The summed E-state index contributed by atoms with van der Waals surface area (Å²) in [4.78, 5) is 18.6. The quantitative estimate of drug-likeness (QED) is 0.634. The molecule has 0 N–H and O–H groups in total. The van der Waals surface area contributed by atoms with Gasteiger partial charge in [0.2, 0.25) is 0 Å². The molecular weight excluding hydrogens is 324 g/mol. The molecule has 0 aliphatic carbocycles. The van der Waals surface area contributed by atoms with E-state index in [1.54, 1.807) is 29.3 Å². The third-order valence-corrected chi connectivity index (χ3v) is 4.08. The molecule has 1 aliphatic rings. The molecule has 22 heavy (non-hydrogen) atoms. The summed E-state index contributed by atoms with van der Waals surface area (Å²) in [6, 6.07) is 3.49. The van der Waals surface area contributed by atoms with E-state index in [1.807, 2.05) is 6.92 Å². The number of hydrogen-bond acceptors (Lipinski definition) is 6. The van der Waals surface area contributed by atoms with Crippen LogP contribution in [-0.4, -0.2) is 42.4 Å². The highest BCUT2D eigenvalue weighted by Gasteiger charge is 2.32. The summed E-state index contributed by atoms with van der Waals surface area (Å²) in [6.07, 6.45) is 6.33. The predicted molar refractivity (Wildman–Crippen MR) is 85.1 cm³/mol. The summed E-state index contributed by atoms with van der Waals surface area (Å²) in [7, 11) is 0. The number of carbonyl (C=O) groups excluding carboxylic acids is 1. The number of nitrogens with zero attached hydrogens (tertiary/aromatic N) is 6. The van der Waals surface area contributed by atoms with Gasteiger partial charge in [0.05, 0.1) is 4.91 Å². The average molecular weight is 335 g/mol. The Morgan fingerprint density at radius 3 is 2.77 bits per heavy atom. The van der Waals surface area contributed by atoms with Gasteiger partial charge in [-0.15, -0.1) is 15.3 Å². The van der Waals surface area contributed by atoms with Gasteiger partial charge in [0.25, 0.3) is 5.91 Å². The van der Waals surface area contributed by atoms with Gasteiger partial charge in [-0.1, -0.05) is 17.7 Å². The molecule has 1 saturated heterocycles. The van der Waals surface area contributed by atoms with Crippen molar-refractivity contribution < 1.29 is 4.79 Å². The number of likely N-dealkylation sites (N-methyl/N-ethyl adjacent to an activating group) is 1. The lowest BCUT2D eigenvalue weighted by Gasteiger charge is -2.11. The van der Waals surface area contributed by atoms with E-state index in [2.05, 4.69) is 20.3 Å². The van der Waals surface area contributed by atoms with E-state index >= 15 is 0 Å². The zero-order valence-corrected chi connectivity index (χ0v) is 13.1. The molecule has 9 heteroatoms. The highest BCUT2D eigenvalue weighted by atomic mass is 35.5. The second-order valence-corrected chi connectivity index (χ2v) is 5.70. The number of thioether (sulfide) groups is 1. The standard InChI is InChI=1S/C13H11ClN6OS/c1-2-20-12(21)10(5-9-3-4-11(14)15-6-9)22-13(20)18-19-7-16-17-8-19/h3-8H,2H2,1H3. The van der Waals surface area contributed by atoms with Crippen LogP contribution >= 0.6 is 23.4 Å². The van der Waals surface area contributed by atoms with Gasteiger partial charge in [-0.25, -0.2) is 9.66 Å². The van der Waals surface area contributed by atoms with E-state index in [1.165, 1.54) is 29.1 Å². The van der Waals surface area contributed by atoms with Gasteiger partial charge in [-0.3, -0.25) is 9.69 Å². The molecule has 1 fully saturated rings. The van der Waals surface area contributed by atoms with E-state index < -0.39 is 0 Å². The second-order valence-electron chi connectivity index (χ2n) is 4.30. The van der Waals surface area contributed by atoms with Crippen molar-refractivity contribution in [2.75, 3.05) is 6.54 Å². The summed E-state index contributed by atoms with van der Waals surface area (Å²) < 4.78 is 1.46. The summed E-state index contributed by atoms with van der Waals surface area (Å²) in [5.74, 6) is -0.0886. The molecule has 0 radical (unpaired) electrons. The van der Waals surface area contributed by atoms with E-state index in [0.717, 1.165) is 5.56 Å². The SMILES string of the molecule is CCN1C(=O)C(=Cc2ccc(Cl)nc2)SC1=Nn1cnnc1. The number of halogens is 1. The lowest BCUT2D eigenvalue weighted by Crippen LogP contribution is -2.29. The van der Waals surface area contributed by atoms with Crippen LogP contribution in [0.3, 0.4) is 0 Å². The fourth-order valence-electron chi connectivity index (χ4n) is 1.83. The lowest BCUT2D eigenvalue weighted by atomic mass is 10.2. The molecule has 0 saturated carbocycles. The fraction of sp³-hybridized carbons (Fsp3) is 0.154. The van der Waals surface area contributed by atoms with Crippen molar-refractivity contribution in [1.82, 2.24) is 24.8 Å². The molecule has 2 aromatic rings. The van der Waals surface area contributed by atoms with E-state index in [4.69, 9.17) is 11.6 Å². The highest BCUT2D eigenvalue weighted by Crippen LogP contribution is 2.32. The third-order valence-electron chi connectivity index (χ3n) is 2.86. The Labute approximate surface area is 135 Å². The molecule has 0 atom stereocenters. The number of hydrogen-bond donors (Lipinski definition) is 0. The first-order chi connectivity index (χ1) is 10.7. The normalized spacial score (nSPS) is 18.6. The minimum atomic E-state index is -0.0886. The molecule has 3 heterocycles. The van der Waals surface area contributed by atoms with Crippen molar-refractivity contribution in [2.24, 2.45) is 5.10 Å². The van der Waals surface area contributed by atoms with Crippen LogP contribution in [-0.2, 0) is 4.79 Å². The van der Waals surface area contributed by atoms with Gasteiger partial charge in [0.15, 0.2) is 5.17 Å². The number of carbonyl (C=O) groups is 1. The molecule has 7 nitrogen and oxygen atoms in total. The average Bonchev–Trinajstić information content (AvgIpc) is 3.11. The van der Waals surface area contributed by atoms with Crippen LogP contribution in [0.2, 0.25) is 5.15 Å². The van der Waals surface area contributed by atoms with Crippen molar-refractivity contribution in [1.29, 1.82) is 0 Å². The van der Waals surface area contributed by atoms with Crippen molar-refractivity contribution >= 4 is 40.5 Å². The Hall–Kier alpha value is -2.19. The number of amides is 1. The maximum atomic E-state index is 12.4. The van der Waals surface area contributed by atoms with Crippen LogP contribution in [0.15, 0.2) is 41.0 Å². The molecule has 0 aromatic carbocycles. The Balaban J connectivity index is 1.91. The lowest BCUT2D eigenvalue weighted by molar-refractivity contribution is -0.122. The smallest absolute Gasteiger partial charge is 0.266 e. The molecule has 112 valence electrons. The van der Waals surface area contributed by atoms with E-state index in [-0.39, 0.29) is 5.91 Å². The Bertz CT molecular complexity index is 740. The summed E-state index contributed by atoms with van der Waals surface area (Å²) >= 11 is 7.06. The largest absolute Gasteiger partial charge is 0.285 e. The summed E-state index contributed by atoms with van der Waals surface area (Å²) in [5.41, 5.74) is 0.807. The predicted octanol–water partition coefficient (Wildman–Crippen LogP) is 2.08. The van der Waals surface area contributed by atoms with Crippen molar-refractivity contribution in [2.45, 2.75) is 6.92 Å². The van der Waals surface area contributed by atoms with Crippen LogP contribution in [0, 0.1) is 0 Å². The molecule has 0 spiro atoms. The highest BCUT2D eigenvalue weighted by molar-refractivity contribution is 8.18. The minimum Gasteiger partial charge on any atom is -0.285 e. The number of pyridine rings is 1. The van der Waals surface area contributed by atoms with Crippen molar-refractivity contribution in [3.05, 3.63) is 46.6 Å². The van der Waals surface area contributed by atoms with Crippen molar-refractivity contribution in [3.8, 4) is 0 Å². The molecule has 0 unspecified atom stereocenters. The summed E-state index contributed by atoms with van der Waals surface area (Å²) in [6.45, 7) is 2.43. The van der Waals surface area contributed by atoms with Crippen molar-refractivity contribution in [3.63, 3.8) is 0 Å². The Morgan fingerprint density at radius 2 is 2.14 bits per heavy atom. The molecule has 1 aliphatic heterocycles. The van der Waals surface area contributed by atoms with Crippen LogP contribution in [0.1, 0.15) is 12.5 Å². The molecular formula is C13H11ClN6OS. The zero-order valence-electron chi connectivity index (χ0n) is 11.5. The first-order valence-corrected chi connectivity index (χ1v) is 7.63. The molecule has 1 amide bonds. The topological polar surface area (TPSA) is 76.3 Å². The van der Waals surface area contributed by atoms with E-state index in [9.17, 15) is 4.79 Å². The third kappa shape index (κ3) is 3.02. The molecule has 3 rings (SSSR count). The van der Waals surface area contributed by atoms with Crippen LogP contribution < -0.4 is 0 Å². The maximum absolute atomic E-state index is 12.4. The fourth-order valence-corrected chi connectivity index (χ4v) is 2.99. The Morgan fingerprint density at radius 1 is 1.36 bits per heavy atom. The van der Waals surface area contributed by atoms with Gasteiger partial charge < -0.3 is 0 Å².